The molecule has 0 fully saturated rings. The topological polar surface area (TPSA) is 111 Å². The van der Waals surface area contributed by atoms with Crippen molar-refractivity contribution in [1.82, 2.24) is 0 Å². The highest BCUT2D eigenvalue weighted by atomic mass is 16.7. The van der Waals surface area contributed by atoms with Crippen LogP contribution < -0.4 is 5.11 Å². The van der Waals surface area contributed by atoms with Gasteiger partial charge >= 0.3 is 11.9 Å². The van der Waals surface area contributed by atoms with Crippen LogP contribution in [0.15, 0.2) is 24.3 Å². The van der Waals surface area contributed by atoms with Gasteiger partial charge in [0.2, 0.25) is 0 Å². The van der Waals surface area contributed by atoms with Crippen LogP contribution in [0.1, 0.15) is 290 Å². The number of esters is 2. The molecule has 0 aromatic carbocycles. The smallest absolute Gasteiger partial charge is 0.306 e. The Bertz CT molecular complexity index is 1200. The predicted octanol–water partition coefficient (Wildman–Crippen LogP) is 16.2. The molecule has 2 atom stereocenters. The standard InChI is InChI=1S/C61H115NO8/c1-6-8-10-12-14-16-18-19-20-21-22-23-24-25-26-27-28-29-30-31-32-33-34-35-36-37-38-39-40-41-42-44-46-48-50-52-59(64)70-57(56-69-61(60(65)66)67-54-53-62(3,4)5)55-68-58(63)51-49-47-45-43-17-15-13-11-9-7-2/h18-19,21-22,57,61H,6-17,20,23-56H2,1-5H3/b19-18-,22-21-. The largest absolute Gasteiger partial charge is 0.545 e. The first kappa shape index (κ1) is 67.8. The van der Waals surface area contributed by atoms with E-state index in [9.17, 15) is 19.5 Å². The summed E-state index contributed by atoms with van der Waals surface area (Å²) in [6.07, 6.45) is 59.8. The van der Waals surface area contributed by atoms with Crippen LogP contribution in [0.5, 0.6) is 0 Å². The highest BCUT2D eigenvalue weighted by Crippen LogP contribution is 2.17. The van der Waals surface area contributed by atoms with Gasteiger partial charge in [-0.25, -0.2) is 0 Å². The van der Waals surface area contributed by atoms with Crippen molar-refractivity contribution < 1.29 is 42.9 Å². The van der Waals surface area contributed by atoms with E-state index in [1.54, 1.807) is 0 Å². The van der Waals surface area contributed by atoms with E-state index in [-0.39, 0.29) is 32.2 Å². The fourth-order valence-corrected chi connectivity index (χ4v) is 8.80. The summed E-state index contributed by atoms with van der Waals surface area (Å²) < 4.78 is 22.6. The molecule has 9 nitrogen and oxygen atoms in total. The van der Waals surface area contributed by atoms with Gasteiger partial charge in [-0.3, -0.25) is 9.59 Å². The van der Waals surface area contributed by atoms with Gasteiger partial charge in [0.05, 0.1) is 40.3 Å². The van der Waals surface area contributed by atoms with E-state index in [1.165, 1.54) is 218 Å². The Morgan fingerprint density at radius 1 is 0.429 bits per heavy atom. The van der Waals surface area contributed by atoms with Gasteiger partial charge in [0.15, 0.2) is 12.4 Å². The normalized spacial score (nSPS) is 12.9. The third-order valence-electron chi connectivity index (χ3n) is 13.5. The number of carboxylic acid groups (broad SMARTS) is 1. The molecule has 0 N–H and O–H groups in total. The third-order valence-corrected chi connectivity index (χ3v) is 13.5. The van der Waals surface area contributed by atoms with Gasteiger partial charge in [-0.2, -0.15) is 0 Å². The number of quaternary nitrogens is 1. The maximum atomic E-state index is 12.8. The van der Waals surface area contributed by atoms with E-state index in [4.69, 9.17) is 18.9 Å². The zero-order chi connectivity index (χ0) is 51.3. The van der Waals surface area contributed by atoms with Gasteiger partial charge < -0.3 is 33.3 Å². The highest BCUT2D eigenvalue weighted by molar-refractivity contribution is 5.70. The monoisotopic (exact) mass is 990 g/mol. The first-order valence-electron chi connectivity index (χ1n) is 30.0. The number of nitrogens with zero attached hydrogens (tertiary/aromatic N) is 1. The van der Waals surface area contributed by atoms with E-state index in [2.05, 4.69) is 38.2 Å². The molecule has 0 aromatic rings. The number of rotatable bonds is 56. The summed E-state index contributed by atoms with van der Waals surface area (Å²) >= 11 is 0. The van der Waals surface area contributed by atoms with Crippen LogP contribution in [0.4, 0.5) is 0 Å². The van der Waals surface area contributed by atoms with Crippen LogP contribution in [-0.4, -0.2) is 82.3 Å². The number of carbonyl (C=O) groups excluding carboxylic acids is 3. The van der Waals surface area contributed by atoms with E-state index < -0.39 is 24.3 Å². The average Bonchev–Trinajstić information content (AvgIpc) is 3.33. The number of hydrogen-bond acceptors (Lipinski definition) is 8. The molecule has 0 saturated carbocycles. The van der Waals surface area contributed by atoms with Crippen molar-refractivity contribution in [3.63, 3.8) is 0 Å². The Morgan fingerprint density at radius 3 is 1.13 bits per heavy atom. The molecular formula is C61H115NO8. The van der Waals surface area contributed by atoms with Crippen LogP contribution in [0.25, 0.3) is 0 Å². The van der Waals surface area contributed by atoms with Crippen molar-refractivity contribution in [3.05, 3.63) is 24.3 Å². The van der Waals surface area contributed by atoms with E-state index >= 15 is 0 Å². The number of allylic oxidation sites excluding steroid dienone is 4. The number of ether oxygens (including phenoxy) is 4. The van der Waals surface area contributed by atoms with E-state index in [0.29, 0.717) is 17.4 Å². The molecule has 0 saturated heterocycles. The first-order chi connectivity index (χ1) is 34.1. The summed E-state index contributed by atoms with van der Waals surface area (Å²) in [7, 11) is 5.92. The molecule has 0 heterocycles. The lowest BCUT2D eigenvalue weighted by Crippen LogP contribution is -2.44. The summed E-state index contributed by atoms with van der Waals surface area (Å²) in [6.45, 7) is 4.76. The average molecular weight is 991 g/mol. The Kier molecular flexibility index (Phi) is 51.4. The predicted molar refractivity (Wildman–Crippen MR) is 293 cm³/mol. The molecule has 0 aromatic heterocycles. The molecule has 0 amide bonds. The second-order valence-electron chi connectivity index (χ2n) is 21.6. The minimum Gasteiger partial charge on any atom is -0.545 e. The molecule has 0 rings (SSSR count). The summed E-state index contributed by atoms with van der Waals surface area (Å²) in [6, 6.07) is 0. The van der Waals surface area contributed by atoms with Crippen LogP contribution in [-0.2, 0) is 33.3 Å². The first-order valence-corrected chi connectivity index (χ1v) is 30.0. The van der Waals surface area contributed by atoms with Crippen molar-refractivity contribution in [1.29, 1.82) is 0 Å². The number of carbonyl (C=O) groups is 3. The summed E-state index contributed by atoms with van der Waals surface area (Å²) in [5.74, 6) is -2.26. The highest BCUT2D eigenvalue weighted by Gasteiger charge is 2.22. The minimum absolute atomic E-state index is 0.151. The zero-order valence-electron chi connectivity index (χ0n) is 46.9. The summed E-state index contributed by atoms with van der Waals surface area (Å²) in [4.78, 5) is 37.1. The molecule has 0 aliphatic rings. The SMILES string of the molecule is CCCCCCC/C=C\C/C=C\CCCCCCCCCCCCCCCCCCCCCCCCCC(=O)OC(COC(=O)CCCCCCCCCCCC)COC(OCC[N+](C)(C)C)C(=O)[O-]. The molecule has 70 heavy (non-hydrogen) atoms. The maximum Gasteiger partial charge on any atom is 0.306 e. The Morgan fingerprint density at radius 2 is 0.771 bits per heavy atom. The Balaban J connectivity index is 3.94. The van der Waals surface area contributed by atoms with Gasteiger partial charge in [0.25, 0.3) is 0 Å². The van der Waals surface area contributed by atoms with Gasteiger partial charge in [0.1, 0.15) is 13.2 Å². The fraction of sp³-hybridized carbons (Fsp3) is 0.885. The molecule has 0 bridgehead atoms. The molecule has 0 radical (unpaired) electrons. The van der Waals surface area contributed by atoms with Crippen molar-refractivity contribution in [3.8, 4) is 0 Å². The molecule has 2 unspecified atom stereocenters. The second-order valence-corrected chi connectivity index (χ2v) is 21.6. The van der Waals surface area contributed by atoms with Crippen molar-refractivity contribution >= 4 is 17.9 Å². The van der Waals surface area contributed by atoms with Gasteiger partial charge in [0, 0.05) is 12.8 Å². The molecule has 9 heteroatoms. The quantitative estimate of drug-likeness (QED) is 0.0195. The van der Waals surface area contributed by atoms with Crippen LogP contribution in [0.3, 0.4) is 0 Å². The maximum absolute atomic E-state index is 12.8. The summed E-state index contributed by atoms with van der Waals surface area (Å²) in [5, 5.41) is 11.7. The molecular weight excluding hydrogens is 875 g/mol. The van der Waals surface area contributed by atoms with Gasteiger partial charge in [-0.15, -0.1) is 0 Å². The molecule has 0 aliphatic carbocycles. The van der Waals surface area contributed by atoms with Gasteiger partial charge in [-0.1, -0.05) is 256 Å². The number of aliphatic carboxylic acids is 1. The zero-order valence-corrected chi connectivity index (χ0v) is 46.9. The fourth-order valence-electron chi connectivity index (χ4n) is 8.80. The Hall–Kier alpha value is -2.23. The number of likely N-dealkylation sites (N-methyl/N-ethyl adjacent to an activating group) is 1. The van der Waals surface area contributed by atoms with E-state index in [1.807, 2.05) is 21.1 Å². The van der Waals surface area contributed by atoms with Gasteiger partial charge in [-0.05, 0) is 44.9 Å². The van der Waals surface area contributed by atoms with E-state index in [0.717, 1.165) is 44.9 Å². The van der Waals surface area contributed by atoms with Crippen LogP contribution in [0, 0.1) is 0 Å². The number of carboxylic acids is 1. The lowest BCUT2D eigenvalue weighted by molar-refractivity contribution is -0.870. The Labute approximate surface area is 433 Å². The van der Waals surface area contributed by atoms with Crippen LogP contribution in [0.2, 0.25) is 0 Å². The molecule has 0 aliphatic heterocycles. The number of hydrogen-bond donors (Lipinski definition) is 0. The third kappa shape index (κ3) is 53.6. The molecule has 0 spiro atoms. The number of unbranched alkanes of at least 4 members (excludes halogenated alkanes) is 37. The molecule has 412 valence electrons. The van der Waals surface area contributed by atoms with Crippen molar-refractivity contribution in [2.45, 2.75) is 302 Å². The minimum atomic E-state index is -1.61. The summed E-state index contributed by atoms with van der Waals surface area (Å²) in [5.41, 5.74) is 0. The van der Waals surface area contributed by atoms with Crippen molar-refractivity contribution in [2.24, 2.45) is 0 Å². The van der Waals surface area contributed by atoms with Crippen molar-refractivity contribution in [2.75, 3.05) is 47.5 Å². The lowest BCUT2D eigenvalue weighted by Gasteiger charge is -2.26. The van der Waals surface area contributed by atoms with Crippen LogP contribution >= 0.6 is 0 Å². The lowest BCUT2D eigenvalue weighted by atomic mass is 10.0. The second kappa shape index (κ2) is 53.1.